The number of hydrogen-bond donors (Lipinski definition) is 4. The van der Waals surface area contributed by atoms with Crippen molar-refractivity contribution in [1.82, 2.24) is 15.3 Å². The summed E-state index contributed by atoms with van der Waals surface area (Å²) in [6, 6.07) is -1.47. The SMILES string of the molecule is Cc1nc(C(C)C)[nH]c(=O)c1C(=O)N[C@@H](CO)C(=O)O. The number of carbonyl (C=O) groups excluding carboxylic acids is 1. The second-order valence-electron chi connectivity index (χ2n) is 4.61. The van der Waals surface area contributed by atoms with Crippen LogP contribution in [0.15, 0.2) is 4.79 Å². The number of hydrogen-bond acceptors (Lipinski definition) is 5. The minimum absolute atomic E-state index is 0.0114. The molecular formula is C12H17N3O5. The van der Waals surface area contributed by atoms with Gasteiger partial charge in [0.1, 0.15) is 11.4 Å². The molecular weight excluding hydrogens is 266 g/mol. The number of aromatic nitrogens is 2. The minimum Gasteiger partial charge on any atom is -0.480 e. The maximum Gasteiger partial charge on any atom is 0.328 e. The highest BCUT2D eigenvalue weighted by atomic mass is 16.4. The first-order valence-electron chi connectivity index (χ1n) is 6.03. The zero-order chi connectivity index (χ0) is 15.4. The second kappa shape index (κ2) is 6.29. The van der Waals surface area contributed by atoms with E-state index in [1.54, 1.807) is 0 Å². The highest BCUT2D eigenvalue weighted by molar-refractivity contribution is 5.97. The van der Waals surface area contributed by atoms with Crippen LogP contribution < -0.4 is 10.9 Å². The van der Waals surface area contributed by atoms with Crippen molar-refractivity contribution in [2.75, 3.05) is 6.61 Å². The Hall–Kier alpha value is -2.22. The number of aliphatic hydroxyl groups excluding tert-OH is 1. The largest absolute Gasteiger partial charge is 0.480 e. The van der Waals surface area contributed by atoms with Crippen molar-refractivity contribution >= 4 is 11.9 Å². The van der Waals surface area contributed by atoms with Gasteiger partial charge in [0.2, 0.25) is 0 Å². The van der Waals surface area contributed by atoms with Crippen LogP contribution in [0.1, 0.15) is 41.6 Å². The summed E-state index contributed by atoms with van der Waals surface area (Å²) in [5.41, 5.74) is -0.688. The number of nitrogens with zero attached hydrogens (tertiary/aromatic N) is 1. The predicted molar refractivity (Wildman–Crippen MR) is 69.7 cm³/mol. The topological polar surface area (TPSA) is 132 Å². The van der Waals surface area contributed by atoms with Crippen LogP contribution in [0.5, 0.6) is 0 Å². The smallest absolute Gasteiger partial charge is 0.328 e. The summed E-state index contributed by atoms with van der Waals surface area (Å²) in [4.78, 5) is 41.1. The van der Waals surface area contributed by atoms with Crippen molar-refractivity contribution in [1.29, 1.82) is 0 Å². The molecule has 8 heteroatoms. The van der Waals surface area contributed by atoms with E-state index in [4.69, 9.17) is 10.2 Å². The molecule has 1 atom stereocenters. The van der Waals surface area contributed by atoms with Crippen LogP contribution in [0, 0.1) is 6.92 Å². The molecule has 1 amide bonds. The molecule has 0 fully saturated rings. The van der Waals surface area contributed by atoms with E-state index in [-0.39, 0.29) is 17.2 Å². The maximum atomic E-state index is 11.9. The monoisotopic (exact) mass is 283 g/mol. The van der Waals surface area contributed by atoms with E-state index in [0.29, 0.717) is 5.82 Å². The predicted octanol–water partition coefficient (Wildman–Crippen LogP) is -0.623. The van der Waals surface area contributed by atoms with Crippen LogP contribution in [0.4, 0.5) is 0 Å². The number of carboxylic acid groups (broad SMARTS) is 1. The first kappa shape index (κ1) is 15.8. The molecule has 1 aromatic rings. The Morgan fingerprint density at radius 3 is 2.40 bits per heavy atom. The molecule has 0 radical (unpaired) electrons. The third-order valence-electron chi connectivity index (χ3n) is 2.68. The lowest BCUT2D eigenvalue weighted by molar-refractivity contribution is -0.140. The van der Waals surface area contributed by atoms with Gasteiger partial charge < -0.3 is 20.5 Å². The molecule has 0 saturated carbocycles. The number of carboxylic acids is 1. The number of nitrogens with one attached hydrogen (secondary N) is 2. The number of rotatable bonds is 5. The number of amides is 1. The molecule has 0 unspecified atom stereocenters. The summed E-state index contributed by atoms with van der Waals surface area (Å²) in [6.45, 7) is 4.40. The van der Waals surface area contributed by atoms with Gasteiger partial charge in [-0.2, -0.15) is 0 Å². The Bertz CT molecular complexity index is 579. The molecule has 20 heavy (non-hydrogen) atoms. The Labute approximate surface area is 114 Å². The highest BCUT2D eigenvalue weighted by Crippen LogP contribution is 2.08. The summed E-state index contributed by atoms with van der Waals surface area (Å²) in [6.07, 6.45) is 0. The Balaban J connectivity index is 3.11. The lowest BCUT2D eigenvalue weighted by atomic mass is 10.1. The summed E-state index contributed by atoms with van der Waals surface area (Å²) >= 11 is 0. The molecule has 4 N–H and O–H groups in total. The van der Waals surface area contributed by atoms with E-state index in [0.717, 1.165) is 0 Å². The van der Waals surface area contributed by atoms with Gasteiger partial charge in [-0.25, -0.2) is 9.78 Å². The Morgan fingerprint density at radius 2 is 2.00 bits per heavy atom. The van der Waals surface area contributed by atoms with Gasteiger partial charge in [-0.3, -0.25) is 9.59 Å². The third kappa shape index (κ3) is 3.41. The third-order valence-corrected chi connectivity index (χ3v) is 2.68. The van der Waals surface area contributed by atoms with Crippen molar-refractivity contribution in [3.8, 4) is 0 Å². The summed E-state index contributed by atoms with van der Waals surface area (Å²) in [7, 11) is 0. The van der Waals surface area contributed by atoms with Gasteiger partial charge in [-0.1, -0.05) is 13.8 Å². The van der Waals surface area contributed by atoms with E-state index in [2.05, 4.69) is 15.3 Å². The van der Waals surface area contributed by atoms with E-state index in [1.807, 2.05) is 13.8 Å². The number of aryl methyl sites for hydroxylation is 1. The average Bonchev–Trinajstić information content (AvgIpc) is 2.34. The van der Waals surface area contributed by atoms with Crippen molar-refractivity contribution in [3.05, 3.63) is 27.4 Å². The van der Waals surface area contributed by atoms with Gasteiger partial charge in [0.25, 0.3) is 11.5 Å². The number of aliphatic hydroxyl groups is 1. The van der Waals surface area contributed by atoms with Gasteiger partial charge in [-0.15, -0.1) is 0 Å². The van der Waals surface area contributed by atoms with Crippen molar-refractivity contribution in [2.24, 2.45) is 0 Å². The average molecular weight is 283 g/mol. The second-order valence-corrected chi connectivity index (χ2v) is 4.61. The minimum atomic E-state index is -1.47. The van der Waals surface area contributed by atoms with Crippen molar-refractivity contribution in [3.63, 3.8) is 0 Å². The van der Waals surface area contributed by atoms with Gasteiger partial charge in [-0.05, 0) is 6.92 Å². The molecule has 0 spiro atoms. The molecule has 1 rings (SSSR count). The van der Waals surface area contributed by atoms with E-state index in [9.17, 15) is 14.4 Å². The molecule has 0 aliphatic rings. The highest BCUT2D eigenvalue weighted by Gasteiger charge is 2.23. The molecule has 1 heterocycles. The van der Waals surface area contributed by atoms with Gasteiger partial charge in [0.15, 0.2) is 6.04 Å². The molecule has 0 saturated heterocycles. The Kier molecular flexibility index (Phi) is 4.98. The maximum absolute atomic E-state index is 11.9. The van der Waals surface area contributed by atoms with Crippen LogP contribution >= 0.6 is 0 Å². The molecule has 0 aliphatic carbocycles. The summed E-state index contributed by atoms with van der Waals surface area (Å²) in [5.74, 6) is -1.83. The van der Waals surface area contributed by atoms with Crippen molar-refractivity contribution in [2.45, 2.75) is 32.7 Å². The number of aliphatic carboxylic acids is 1. The van der Waals surface area contributed by atoms with Gasteiger partial charge in [0.05, 0.1) is 12.3 Å². The van der Waals surface area contributed by atoms with E-state index < -0.39 is 30.1 Å². The standard InChI is InChI=1S/C12H17N3O5/c1-5(2)9-13-6(3)8(11(18)15-9)10(17)14-7(4-16)12(19)20/h5,7,16H,4H2,1-3H3,(H,14,17)(H,19,20)(H,13,15,18)/t7-/m0/s1. The number of aromatic amines is 1. The molecule has 8 nitrogen and oxygen atoms in total. The fraction of sp³-hybridized carbons (Fsp3) is 0.500. The van der Waals surface area contributed by atoms with Crippen LogP contribution in [0.25, 0.3) is 0 Å². The van der Waals surface area contributed by atoms with E-state index >= 15 is 0 Å². The molecule has 0 bridgehead atoms. The summed E-state index contributed by atoms with van der Waals surface area (Å²) in [5, 5.41) is 19.7. The normalized spacial score (nSPS) is 12.2. The van der Waals surface area contributed by atoms with Crippen LogP contribution in [-0.4, -0.2) is 44.7 Å². The molecule has 1 aromatic heterocycles. The van der Waals surface area contributed by atoms with Crippen molar-refractivity contribution < 1.29 is 19.8 Å². The quantitative estimate of drug-likeness (QED) is 0.569. The fourth-order valence-corrected chi connectivity index (χ4v) is 1.56. The molecule has 0 aromatic carbocycles. The zero-order valence-electron chi connectivity index (χ0n) is 11.4. The fourth-order valence-electron chi connectivity index (χ4n) is 1.56. The zero-order valence-corrected chi connectivity index (χ0v) is 11.4. The van der Waals surface area contributed by atoms with Crippen LogP contribution in [0.3, 0.4) is 0 Å². The lowest BCUT2D eigenvalue weighted by Crippen LogP contribution is -2.45. The first-order valence-corrected chi connectivity index (χ1v) is 6.03. The molecule has 110 valence electrons. The summed E-state index contributed by atoms with van der Waals surface area (Å²) < 4.78 is 0. The molecule has 0 aliphatic heterocycles. The van der Waals surface area contributed by atoms with Crippen LogP contribution in [0.2, 0.25) is 0 Å². The lowest BCUT2D eigenvalue weighted by Gasteiger charge is -2.13. The first-order chi connectivity index (χ1) is 9.27. The van der Waals surface area contributed by atoms with Crippen LogP contribution in [-0.2, 0) is 4.79 Å². The number of carbonyl (C=O) groups is 2. The number of H-pyrrole nitrogens is 1. The van der Waals surface area contributed by atoms with Gasteiger partial charge >= 0.3 is 5.97 Å². The van der Waals surface area contributed by atoms with E-state index in [1.165, 1.54) is 6.92 Å². The van der Waals surface area contributed by atoms with Gasteiger partial charge in [0, 0.05) is 5.92 Å². The Morgan fingerprint density at radius 1 is 1.40 bits per heavy atom.